The fourth-order valence-electron chi connectivity index (χ4n) is 1.25. The number of aryl methyl sites for hydroxylation is 1. The number of nitrogens with one attached hydrogen (secondary N) is 1. The van der Waals surface area contributed by atoms with Gasteiger partial charge in [0.25, 0.3) is 5.91 Å². The number of carbonyl (C=O) groups is 1. The molecular weight excluding hydrogens is 206 g/mol. The molecule has 0 spiro atoms. The van der Waals surface area contributed by atoms with Gasteiger partial charge in [0.2, 0.25) is 0 Å². The molecule has 82 valence electrons. The van der Waals surface area contributed by atoms with E-state index in [-0.39, 0.29) is 5.91 Å². The third-order valence-corrected chi connectivity index (χ3v) is 2.01. The maximum Gasteiger partial charge on any atom is 0.271 e. The summed E-state index contributed by atoms with van der Waals surface area (Å²) in [5, 5.41) is 6.74. The molecule has 0 aliphatic rings. The standard InChI is InChI=1S/C10H11N5O/c1-15-7-8(5-14-15)4-13-10(16)9-6-11-2-3-12-9/h2-3,5-7H,4H2,1H3,(H,13,16). The largest absolute Gasteiger partial charge is 0.346 e. The molecule has 0 saturated heterocycles. The molecule has 2 heterocycles. The van der Waals surface area contributed by atoms with Crippen LogP contribution < -0.4 is 5.32 Å². The number of hydrogen-bond donors (Lipinski definition) is 1. The van der Waals surface area contributed by atoms with Crippen LogP contribution in [0.3, 0.4) is 0 Å². The highest BCUT2D eigenvalue weighted by atomic mass is 16.1. The number of hydrogen-bond acceptors (Lipinski definition) is 4. The molecule has 0 saturated carbocycles. The lowest BCUT2D eigenvalue weighted by Gasteiger charge is -2.01. The lowest BCUT2D eigenvalue weighted by Crippen LogP contribution is -2.23. The Morgan fingerprint density at radius 1 is 1.44 bits per heavy atom. The van der Waals surface area contributed by atoms with E-state index in [0.29, 0.717) is 12.2 Å². The molecule has 0 bridgehead atoms. The van der Waals surface area contributed by atoms with Crippen molar-refractivity contribution in [3.63, 3.8) is 0 Å². The topological polar surface area (TPSA) is 72.7 Å². The lowest BCUT2D eigenvalue weighted by molar-refractivity contribution is 0.0945. The summed E-state index contributed by atoms with van der Waals surface area (Å²) in [5.74, 6) is -0.239. The van der Waals surface area contributed by atoms with E-state index >= 15 is 0 Å². The fourth-order valence-corrected chi connectivity index (χ4v) is 1.25. The first kappa shape index (κ1) is 10.3. The van der Waals surface area contributed by atoms with Crippen molar-refractivity contribution in [2.75, 3.05) is 0 Å². The summed E-state index contributed by atoms with van der Waals surface area (Å²) < 4.78 is 1.68. The number of rotatable bonds is 3. The Kier molecular flexibility index (Phi) is 2.90. The van der Waals surface area contributed by atoms with Gasteiger partial charge < -0.3 is 5.32 Å². The Morgan fingerprint density at radius 2 is 2.31 bits per heavy atom. The third-order valence-electron chi connectivity index (χ3n) is 2.01. The van der Waals surface area contributed by atoms with E-state index in [9.17, 15) is 4.79 Å². The van der Waals surface area contributed by atoms with Gasteiger partial charge in [0.15, 0.2) is 0 Å². The van der Waals surface area contributed by atoms with Gasteiger partial charge in [-0.1, -0.05) is 0 Å². The van der Waals surface area contributed by atoms with E-state index in [0.717, 1.165) is 5.56 Å². The molecule has 1 N–H and O–H groups in total. The van der Waals surface area contributed by atoms with Crippen LogP contribution in [0.5, 0.6) is 0 Å². The van der Waals surface area contributed by atoms with Gasteiger partial charge in [-0.15, -0.1) is 0 Å². The molecule has 0 aliphatic carbocycles. The first-order valence-corrected chi connectivity index (χ1v) is 4.77. The van der Waals surface area contributed by atoms with Crippen molar-refractivity contribution in [1.29, 1.82) is 0 Å². The summed E-state index contributed by atoms with van der Waals surface area (Å²) in [6, 6.07) is 0. The molecule has 6 heteroatoms. The zero-order valence-corrected chi connectivity index (χ0v) is 8.79. The van der Waals surface area contributed by atoms with Crippen molar-refractivity contribution < 1.29 is 4.79 Å². The van der Waals surface area contributed by atoms with Crippen LogP contribution >= 0.6 is 0 Å². The van der Waals surface area contributed by atoms with E-state index in [1.54, 1.807) is 10.9 Å². The second-order valence-electron chi connectivity index (χ2n) is 3.30. The average molecular weight is 217 g/mol. The Hall–Kier alpha value is -2.24. The Morgan fingerprint density at radius 3 is 2.94 bits per heavy atom. The van der Waals surface area contributed by atoms with Gasteiger partial charge in [-0.3, -0.25) is 14.5 Å². The maximum absolute atomic E-state index is 11.6. The molecule has 6 nitrogen and oxygen atoms in total. The number of nitrogens with zero attached hydrogens (tertiary/aromatic N) is 4. The van der Waals surface area contributed by atoms with E-state index in [4.69, 9.17) is 0 Å². The first-order valence-electron chi connectivity index (χ1n) is 4.77. The number of aromatic nitrogens is 4. The van der Waals surface area contributed by atoms with Crippen LogP contribution in [0, 0.1) is 0 Å². The van der Waals surface area contributed by atoms with E-state index < -0.39 is 0 Å². The van der Waals surface area contributed by atoms with Crippen LogP contribution in [0.4, 0.5) is 0 Å². The molecule has 2 aromatic heterocycles. The second-order valence-corrected chi connectivity index (χ2v) is 3.30. The summed E-state index contributed by atoms with van der Waals surface area (Å²) in [6.45, 7) is 0.434. The Labute approximate surface area is 92.3 Å². The van der Waals surface area contributed by atoms with Crippen molar-refractivity contribution in [1.82, 2.24) is 25.1 Å². The molecule has 0 aliphatic heterocycles. The third kappa shape index (κ3) is 2.41. The van der Waals surface area contributed by atoms with E-state index in [1.165, 1.54) is 18.6 Å². The molecule has 2 rings (SSSR count). The molecule has 1 amide bonds. The predicted octanol–water partition coefficient (Wildman–Crippen LogP) is 0.140. The fraction of sp³-hybridized carbons (Fsp3) is 0.200. The zero-order valence-electron chi connectivity index (χ0n) is 8.79. The Balaban J connectivity index is 1.94. The summed E-state index contributed by atoms with van der Waals surface area (Å²) >= 11 is 0. The van der Waals surface area contributed by atoms with Gasteiger partial charge >= 0.3 is 0 Å². The van der Waals surface area contributed by atoms with Gasteiger partial charge in [0, 0.05) is 37.7 Å². The van der Waals surface area contributed by atoms with Crippen LogP contribution in [0.2, 0.25) is 0 Å². The second kappa shape index (κ2) is 4.52. The van der Waals surface area contributed by atoms with Crippen molar-refractivity contribution in [2.24, 2.45) is 7.05 Å². The highest BCUT2D eigenvalue weighted by molar-refractivity contribution is 5.91. The minimum absolute atomic E-state index is 0.239. The molecule has 2 aromatic rings. The van der Waals surface area contributed by atoms with Gasteiger partial charge in [-0.05, 0) is 0 Å². The summed E-state index contributed by atoms with van der Waals surface area (Å²) in [4.78, 5) is 19.3. The molecule has 0 unspecified atom stereocenters. The smallest absolute Gasteiger partial charge is 0.271 e. The van der Waals surface area contributed by atoms with Crippen molar-refractivity contribution in [2.45, 2.75) is 6.54 Å². The molecule has 0 radical (unpaired) electrons. The van der Waals surface area contributed by atoms with Crippen molar-refractivity contribution in [3.8, 4) is 0 Å². The monoisotopic (exact) mass is 217 g/mol. The highest BCUT2D eigenvalue weighted by Gasteiger charge is 2.06. The van der Waals surface area contributed by atoms with Crippen LogP contribution in [0.15, 0.2) is 31.0 Å². The van der Waals surface area contributed by atoms with Gasteiger partial charge in [0.05, 0.1) is 12.4 Å². The van der Waals surface area contributed by atoms with Crippen molar-refractivity contribution >= 4 is 5.91 Å². The first-order chi connectivity index (χ1) is 7.75. The van der Waals surface area contributed by atoms with Crippen LogP contribution in [-0.2, 0) is 13.6 Å². The van der Waals surface area contributed by atoms with Crippen LogP contribution in [0.25, 0.3) is 0 Å². The minimum atomic E-state index is -0.239. The Bertz CT molecular complexity index is 479. The molecule has 0 aromatic carbocycles. The summed E-state index contributed by atoms with van der Waals surface area (Å²) in [7, 11) is 1.83. The van der Waals surface area contributed by atoms with E-state index in [1.807, 2.05) is 13.2 Å². The number of carbonyl (C=O) groups excluding carboxylic acids is 1. The van der Waals surface area contributed by atoms with Gasteiger partial charge in [-0.25, -0.2) is 4.98 Å². The summed E-state index contributed by atoms with van der Waals surface area (Å²) in [5.41, 5.74) is 1.26. The van der Waals surface area contributed by atoms with E-state index in [2.05, 4.69) is 20.4 Å². The zero-order chi connectivity index (χ0) is 11.4. The summed E-state index contributed by atoms with van der Waals surface area (Å²) in [6.07, 6.45) is 7.99. The normalized spacial score (nSPS) is 10.1. The molecule has 0 atom stereocenters. The van der Waals surface area contributed by atoms with Gasteiger partial charge in [0.1, 0.15) is 5.69 Å². The van der Waals surface area contributed by atoms with Crippen LogP contribution in [-0.4, -0.2) is 25.7 Å². The van der Waals surface area contributed by atoms with Crippen LogP contribution in [0.1, 0.15) is 16.1 Å². The predicted molar refractivity (Wildman–Crippen MR) is 56.4 cm³/mol. The van der Waals surface area contributed by atoms with Gasteiger partial charge in [-0.2, -0.15) is 5.10 Å². The average Bonchev–Trinajstić information content (AvgIpc) is 2.73. The minimum Gasteiger partial charge on any atom is -0.346 e. The molecule has 16 heavy (non-hydrogen) atoms. The quantitative estimate of drug-likeness (QED) is 0.793. The molecular formula is C10H11N5O. The van der Waals surface area contributed by atoms with Crippen molar-refractivity contribution in [3.05, 3.63) is 42.2 Å². The maximum atomic E-state index is 11.6. The molecule has 0 fully saturated rings. The lowest BCUT2D eigenvalue weighted by atomic mass is 10.3. The highest BCUT2D eigenvalue weighted by Crippen LogP contribution is 1.96. The number of amides is 1. The SMILES string of the molecule is Cn1cc(CNC(=O)c2cnccn2)cn1.